The normalized spacial score (nSPS) is 21.1. The van der Waals surface area contributed by atoms with Gasteiger partial charge in [-0.25, -0.2) is 29.5 Å². The monoisotopic (exact) mass is 796 g/mol. The van der Waals surface area contributed by atoms with Crippen LogP contribution in [0, 0.1) is 0 Å². The number of carbonyl (C=O) groups excluding carboxylic acids is 2. The summed E-state index contributed by atoms with van der Waals surface area (Å²) in [5, 5.41) is 9.29. The zero-order chi connectivity index (χ0) is 39.3. The lowest BCUT2D eigenvalue weighted by molar-refractivity contribution is 0.254. The van der Waals surface area contributed by atoms with Crippen LogP contribution >= 0.6 is 11.6 Å². The third-order valence-corrected chi connectivity index (χ3v) is 11.3. The lowest BCUT2D eigenvalue weighted by Crippen LogP contribution is -2.49. The van der Waals surface area contributed by atoms with Crippen molar-refractivity contribution in [1.29, 1.82) is 0 Å². The maximum atomic E-state index is 13.1. The van der Waals surface area contributed by atoms with Gasteiger partial charge in [0.25, 0.3) is 0 Å². The van der Waals surface area contributed by atoms with Crippen molar-refractivity contribution < 1.29 is 9.59 Å². The first-order valence-corrected chi connectivity index (χ1v) is 19.9. The lowest BCUT2D eigenvalue weighted by Gasteiger charge is -2.37. The molecule has 4 amide bonds. The SMILES string of the molecule is CN1CCN(c2ccc3c(n2)N(C(=O)Nc2cnccn2)[C@H]2CCN3C2)CC1.CN1CCNCC1.O=C(Nc1cnccn1)N1c2nc(Cl)ccc2N2CC[C@H]1C2. The van der Waals surface area contributed by atoms with Crippen LogP contribution in [0.5, 0.6) is 0 Å². The van der Waals surface area contributed by atoms with Crippen molar-refractivity contribution in [2.45, 2.75) is 24.9 Å². The molecule has 4 saturated heterocycles. The van der Waals surface area contributed by atoms with Crippen molar-refractivity contribution in [2.24, 2.45) is 0 Å². The highest BCUT2D eigenvalue weighted by molar-refractivity contribution is 6.29. The molecule has 4 aromatic rings. The van der Waals surface area contributed by atoms with E-state index in [1.54, 1.807) is 35.8 Å². The molecule has 0 radical (unpaired) electrons. The van der Waals surface area contributed by atoms with Crippen LogP contribution in [0.3, 0.4) is 0 Å². The van der Waals surface area contributed by atoms with E-state index < -0.39 is 0 Å². The summed E-state index contributed by atoms with van der Waals surface area (Å²) in [5.74, 6) is 3.14. The number of carbonyl (C=O) groups is 2. The molecule has 0 aliphatic carbocycles. The van der Waals surface area contributed by atoms with Crippen molar-refractivity contribution in [2.75, 3.05) is 128 Å². The molecular weight excluding hydrogens is 748 g/mol. The van der Waals surface area contributed by atoms with E-state index in [0.29, 0.717) is 22.6 Å². The largest absolute Gasteiger partial charge is 0.366 e. The average molecular weight is 797 g/mol. The third kappa shape index (κ3) is 8.78. The topological polar surface area (TPSA) is 170 Å². The van der Waals surface area contributed by atoms with Crippen LogP contribution in [0.15, 0.2) is 61.4 Å². The summed E-state index contributed by atoms with van der Waals surface area (Å²) in [6, 6.07) is 7.61. The number of nitrogens with one attached hydrogen (secondary N) is 3. The smallest absolute Gasteiger partial charge is 0.329 e. The van der Waals surface area contributed by atoms with E-state index in [2.05, 4.69) is 91.6 Å². The second-order valence-electron chi connectivity index (χ2n) is 14.9. The van der Waals surface area contributed by atoms with E-state index in [1.807, 2.05) is 11.0 Å². The number of rotatable bonds is 3. The summed E-state index contributed by atoms with van der Waals surface area (Å²) in [6.07, 6.45) is 11.2. The van der Waals surface area contributed by atoms with Crippen LogP contribution in [0.25, 0.3) is 0 Å². The molecule has 4 fully saturated rings. The molecule has 57 heavy (non-hydrogen) atoms. The fourth-order valence-electron chi connectivity index (χ4n) is 7.97. The first-order valence-electron chi connectivity index (χ1n) is 19.5. The molecule has 0 spiro atoms. The predicted molar refractivity (Wildman–Crippen MR) is 222 cm³/mol. The van der Waals surface area contributed by atoms with Gasteiger partial charge in [0.2, 0.25) is 0 Å². The Morgan fingerprint density at radius 3 is 1.68 bits per heavy atom. The quantitative estimate of drug-likeness (QED) is 0.259. The number of amides is 4. The molecule has 2 atom stereocenters. The Hall–Kier alpha value is -5.43. The van der Waals surface area contributed by atoms with Gasteiger partial charge in [-0.05, 0) is 51.2 Å². The zero-order valence-corrected chi connectivity index (χ0v) is 33.1. The first kappa shape index (κ1) is 38.4. The predicted octanol–water partition coefficient (Wildman–Crippen LogP) is 2.93. The van der Waals surface area contributed by atoms with E-state index >= 15 is 0 Å². The molecule has 18 nitrogen and oxygen atoms in total. The van der Waals surface area contributed by atoms with Gasteiger partial charge < -0.3 is 29.8 Å². The van der Waals surface area contributed by atoms with Crippen LogP contribution in [0.2, 0.25) is 5.15 Å². The van der Waals surface area contributed by atoms with Crippen molar-refractivity contribution in [1.82, 2.24) is 45.0 Å². The molecule has 6 aliphatic rings. The van der Waals surface area contributed by atoms with Crippen molar-refractivity contribution >= 4 is 64.1 Å². The number of anilines is 7. The molecule has 0 aromatic carbocycles. The number of nitrogens with zero attached hydrogens (tertiary/aromatic N) is 13. The maximum Gasteiger partial charge on any atom is 0.329 e. The minimum atomic E-state index is -0.261. The number of likely N-dealkylation sites (N-methyl/N-ethyl adjacent to an activating group) is 2. The van der Waals surface area contributed by atoms with E-state index in [-0.39, 0.29) is 24.1 Å². The molecule has 10 rings (SSSR count). The number of piperazine rings is 2. The fourth-order valence-corrected chi connectivity index (χ4v) is 8.11. The van der Waals surface area contributed by atoms with Crippen LogP contribution < -0.4 is 40.4 Å². The Bertz CT molecular complexity index is 2000. The number of fused-ring (bicyclic) bond motifs is 8. The molecule has 0 unspecified atom stereocenters. The summed E-state index contributed by atoms with van der Waals surface area (Å²) >= 11 is 6.01. The number of halogens is 1. The minimum Gasteiger partial charge on any atom is -0.366 e. The molecule has 0 saturated carbocycles. The van der Waals surface area contributed by atoms with E-state index in [0.717, 1.165) is 101 Å². The molecule has 6 aliphatic heterocycles. The second kappa shape index (κ2) is 17.4. The number of hydrogen-bond donors (Lipinski definition) is 3. The minimum absolute atomic E-state index is 0.0927. The Morgan fingerprint density at radius 2 is 1.18 bits per heavy atom. The zero-order valence-electron chi connectivity index (χ0n) is 32.3. The molecule has 4 bridgehead atoms. The van der Waals surface area contributed by atoms with E-state index in [1.165, 1.54) is 25.5 Å². The highest BCUT2D eigenvalue weighted by Gasteiger charge is 2.42. The van der Waals surface area contributed by atoms with Gasteiger partial charge in [0, 0.05) is 103 Å². The van der Waals surface area contributed by atoms with Gasteiger partial charge in [-0.3, -0.25) is 30.4 Å². The van der Waals surface area contributed by atoms with Gasteiger partial charge >= 0.3 is 12.1 Å². The van der Waals surface area contributed by atoms with E-state index in [4.69, 9.17) is 16.6 Å². The Kier molecular flexibility index (Phi) is 11.7. The summed E-state index contributed by atoms with van der Waals surface area (Å²) < 4.78 is 0. The van der Waals surface area contributed by atoms with Gasteiger partial charge in [0.05, 0.1) is 35.9 Å². The first-order chi connectivity index (χ1) is 27.8. The van der Waals surface area contributed by atoms with Crippen LogP contribution in [-0.4, -0.2) is 156 Å². The highest BCUT2D eigenvalue weighted by atomic mass is 35.5. The lowest BCUT2D eigenvalue weighted by atomic mass is 10.2. The van der Waals surface area contributed by atoms with Crippen LogP contribution in [0.1, 0.15) is 12.8 Å². The Labute approximate surface area is 337 Å². The molecule has 4 aromatic heterocycles. The van der Waals surface area contributed by atoms with Crippen molar-refractivity contribution in [3.8, 4) is 0 Å². The molecule has 19 heteroatoms. The number of urea groups is 2. The van der Waals surface area contributed by atoms with Gasteiger partial charge in [-0.15, -0.1) is 0 Å². The number of hydrogen-bond acceptors (Lipinski definition) is 14. The summed E-state index contributed by atoms with van der Waals surface area (Å²) in [7, 11) is 4.29. The summed E-state index contributed by atoms with van der Waals surface area (Å²) in [4.78, 5) is 66.3. The van der Waals surface area contributed by atoms with Gasteiger partial charge in [-0.2, -0.15) is 0 Å². The molecule has 300 valence electrons. The maximum absolute atomic E-state index is 13.1. The summed E-state index contributed by atoms with van der Waals surface area (Å²) in [6.45, 7) is 12.2. The number of aromatic nitrogens is 6. The fraction of sp³-hybridized carbons (Fsp3) is 0.474. The summed E-state index contributed by atoms with van der Waals surface area (Å²) in [5.41, 5.74) is 1.97. The molecular formula is C38H49ClN16O2. The van der Waals surface area contributed by atoms with Crippen LogP contribution in [-0.2, 0) is 0 Å². The molecule has 3 N–H and O–H groups in total. The van der Waals surface area contributed by atoms with Crippen molar-refractivity contribution in [3.63, 3.8) is 0 Å². The Balaban J connectivity index is 0.000000139. The molecule has 10 heterocycles. The van der Waals surface area contributed by atoms with E-state index in [9.17, 15) is 9.59 Å². The van der Waals surface area contributed by atoms with Gasteiger partial charge in [-0.1, -0.05) is 11.6 Å². The van der Waals surface area contributed by atoms with Crippen LogP contribution in [0.4, 0.5) is 50.1 Å². The standard InChI is InChI=1S/C19H24N8O.C14H13ClN6O.C5H12N2/c1-24-8-10-25(11-9-24)17-3-2-15-18(23-17)27(14-4-7-26(15)13-14)19(28)22-16-12-20-5-6-21-16;15-11-2-1-10-13(18-11)21(9-3-6-20(10)8-9)14(22)19-12-7-16-4-5-17-12;1-7-4-2-6-3-5-7/h2-3,5-6,12,14H,4,7-11,13H2,1H3,(H,21,22,28);1-2,4-5,7,9H,3,6,8H2,(H,17,19,22);6H,2-5H2,1H3/t14-;9-;/m00./s1. The van der Waals surface area contributed by atoms with Crippen molar-refractivity contribution in [3.05, 3.63) is 66.6 Å². The third-order valence-electron chi connectivity index (χ3n) is 11.1. The number of pyridine rings is 2. The van der Waals surface area contributed by atoms with Gasteiger partial charge in [0.15, 0.2) is 23.3 Å². The average Bonchev–Trinajstić information content (AvgIpc) is 3.85. The van der Waals surface area contributed by atoms with Gasteiger partial charge in [0.1, 0.15) is 11.0 Å². The second-order valence-corrected chi connectivity index (χ2v) is 15.3. The highest BCUT2D eigenvalue weighted by Crippen LogP contribution is 2.41. The Morgan fingerprint density at radius 1 is 0.649 bits per heavy atom.